The number of hydrogen-bond acceptors (Lipinski definition) is 6. The maximum Gasteiger partial charge on any atom is 0.244 e. The fourth-order valence-corrected chi connectivity index (χ4v) is 4.96. The average Bonchev–Trinajstić information content (AvgIpc) is 2.63. The van der Waals surface area contributed by atoms with Crippen molar-refractivity contribution < 1.29 is 13.5 Å². The van der Waals surface area contributed by atoms with Crippen LogP contribution in [0.2, 0.25) is 0 Å². The number of hydrogen-bond donors (Lipinski definition) is 1. The molecule has 1 atom stereocenters. The minimum Gasteiger partial charge on any atom is -0.392 e. The monoisotopic (exact) mass is 368 g/mol. The number of aliphatic hydroxyl groups excluding tert-OH is 1. The first kappa shape index (κ1) is 18.6. The van der Waals surface area contributed by atoms with Crippen molar-refractivity contribution in [1.82, 2.24) is 14.2 Å². The lowest BCUT2D eigenvalue weighted by molar-refractivity contribution is 0.122. The van der Waals surface area contributed by atoms with Crippen molar-refractivity contribution in [2.75, 3.05) is 50.7 Å². The predicted molar refractivity (Wildman–Crippen MR) is 97.2 cm³/mol. The molecule has 140 valence electrons. The minimum absolute atomic E-state index is 0.283. The molecule has 0 aromatic carbocycles. The molecule has 1 N–H and O–H groups in total. The molecule has 1 aromatic heterocycles. The van der Waals surface area contributed by atoms with Gasteiger partial charge in [-0.3, -0.25) is 4.90 Å². The molecule has 2 aliphatic heterocycles. The number of pyridine rings is 1. The molecule has 0 radical (unpaired) electrons. The Morgan fingerprint density at radius 3 is 2.32 bits per heavy atom. The molecule has 0 spiro atoms. The van der Waals surface area contributed by atoms with E-state index in [2.05, 4.69) is 14.8 Å². The molecule has 1 aromatic rings. The van der Waals surface area contributed by atoms with Crippen molar-refractivity contribution in [3.63, 3.8) is 0 Å². The van der Waals surface area contributed by atoms with Crippen molar-refractivity contribution in [1.29, 1.82) is 0 Å². The Hall–Kier alpha value is -1.22. The third kappa shape index (κ3) is 4.49. The fraction of sp³-hybridized carbons (Fsp3) is 0.706. The third-order valence-corrected chi connectivity index (χ3v) is 6.77. The first-order valence-corrected chi connectivity index (χ1v) is 10.5. The molecule has 0 amide bonds. The molecule has 0 unspecified atom stereocenters. The summed E-state index contributed by atoms with van der Waals surface area (Å²) in [5.74, 6) is 0.814. The van der Waals surface area contributed by atoms with Crippen LogP contribution in [0.3, 0.4) is 0 Å². The van der Waals surface area contributed by atoms with Crippen molar-refractivity contribution in [3.8, 4) is 0 Å². The van der Waals surface area contributed by atoms with E-state index >= 15 is 0 Å². The van der Waals surface area contributed by atoms with Gasteiger partial charge in [0.25, 0.3) is 0 Å². The van der Waals surface area contributed by atoms with Gasteiger partial charge in [-0.05, 0) is 31.9 Å². The van der Waals surface area contributed by atoms with Crippen LogP contribution >= 0.6 is 0 Å². The molecule has 0 bridgehead atoms. The van der Waals surface area contributed by atoms with E-state index in [0.717, 1.165) is 51.3 Å². The highest BCUT2D eigenvalue weighted by Gasteiger charge is 2.26. The van der Waals surface area contributed by atoms with Crippen LogP contribution in [0, 0.1) is 0 Å². The summed E-state index contributed by atoms with van der Waals surface area (Å²) in [4.78, 5) is 9.08. The van der Waals surface area contributed by atoms with Gasteiger partial charge in [-0.25, -0.2) is 13.4 Å². The van der Waals surface area contributed by atoms with Crippen LogP contribution < -0.4 is 4.90 Å². The van der Waals surface area contributed by atoms with E-state index < -0.39 is 10.0 Å². The Bertz CT molecular complexity index is 649. The van der Waals surface area contributed by atoms with Gasteiger partial charge in [0, 0.05) is 52.0 Å². The molecule has 8 heteroatoms. The normalized spacial score (nSPS) is 22.1. The second kappa shape index (κ2) is 7.99. The molecule has 0 saturated carbocycles. The van der Waals surface area contributed by atoms with Gasteiger partial charge < -0.3 is 10.0 Å². The average molecular weight is 369 g/mol. The van der Waals surface area contributed by atoms with Gasteiger partial charge in [-0.1, -0.05) is 6.42 Å². The maximum atomic E-state index is 12.7. The molecule has 2 saturated heterocycles. The topological polar surface area (TPSA) is 77.0 Å². The molecule has 2 aliphatic rings. The Morgan fingerprint density at radius 2 is 1.76 bits per heavy atom. The van der Waals surface area contributed by atoms with Gasteiger partial charge >= 0.3 is 0 Å². The van der Waals surface area contributed by atoms with Gasteiger partial charge in [0.2, 0.25) is 10.0 Å². The molecule has 2 fully saturated rings. The van der Waals surface area contributed by atoms with Gasteiger partial charge in [0.05, 0.1) is 6.10 Å². The van der Waals surface area contributed by atoms with E-state index in [9.17, 15) is 13.5 Å². The molecular weight excluding hydrogens is 340 g/mol. The van der Waals surface area contributed by atoms with Crippen molar-refractivity contribution >= 4 is 15.8 Å². The summed E-state index contributed by atoms with van der Waals surface area (Å²) in [7, 11) is -3.42. The van der Waals surface area contributed by atoms with E-state index in [1.54, 1.807) is 23.4 Å². The first-order chi connectivity index (χ1) is 12.0. The summed E-state index contributed by atoms with van der Waals surface area (Å²) >= 11 is 0. The van der Waals surface area contributed by atoms with E-state index in [-0.39, 0.29) is 11.0 Å². The number of piperidine rings is 1. The second-order valence-corrected chi connectivity index (χ2v) is 8.89. The summed E-state index contributed by atoms with van der Waals surface area (Å²) in [6, 6.07) is 3.48. The van der Waals surface area contributed by atoms with Crippen LogP contribution in [-0.4, -0.2) is 79.6 Å². The highest BCUT2D eigenvalue weighted by Crippen LogP contribution is 2.22. The van der Waals surface area contributed by atoms with Crippen molar-refractivity contribution in [3.05, 3.63) is 18.3 Å². The lowest BCUT2D eigenvalue weighted by atomic mass is 10.2. The van der Waals surface area contributed by atoms with Crippen LogP contribution in [-0.2, 0) is 10.0 Å². The predicted octanol–water partition coefficient (Wildman–Crippen LogP) is 0.759. The number of aromatic nitrogens is 1. The number of anilines is 1. The standard InChI is InChI=1S/C17H28N4O3S/c1-15(22)14-19-9-11-20(12-10-19)17-6-5-16(13-18-17)25(23,24)21-7-3-2-4-8-21/h5-6,13,15,22H,2-4,7-12,14H2,1H3/t15-/m1/s1. The zero-order chi connectivity index (χ0) is 17.9. The summed E-state index contributed by atoms with van der Waals surface area (Å²) in [5.41, 5.74) is 0. The largest absolute Gasteiger partial charge is 0.392 e. The van der Waals surface area contributed by atoms with E-state index in [1.807, 2.05) is 0 Å². The van der Waals surface area contributed by atoms with Crippen molar-refractivity contribution in [2.24, 2.45) is 0 Å². The Labute approximate surface area is 150 Å². The lowest BCUT2D eigenvalue weighted by Crippen LogP contribution is -2.48. The number of piperazine rings is 1. The van der Waals surface area contributed by atoms with Crippen LogP contribution in [0.15, 0.2) is 23.2 Å². The van der Waals surface area contributed by atoms with Crippen molar-refractivity contribution in [2.45, 2.75) is 37.2 Å². The van der Waals surface area contributed by atoms with Crippen LogP contribution in [0.5, 0.6) is 0 Å². The number of aliphatic hydroxyl groups is 1. The number of rotatable bonds is 5. The summed E-state index contributed by atoms with van der Waals surface area (Å²) in [6.07, 6.45) is 4.14. The second-order valence-electron chi connectivity index (χ2n) is 6.95. The minimum atomic E-state index is -3.42. The van der Waals surface area contributed by atoms with E-state index in [1.165, 1.54) is 6.20 Å². The number of nitrogens with zero attached hydrogens (tertiary/aromatic N) is 4. The first-order valence-electron chi connectivity index (χ1n) is 9.08. The molecule has 3 heterocycles. The smallest absolute Gasteiger partial charge is 0.244 e. The molecule has 7 nitrogen and oxygen atoms in total. The zero-order valence-electron chi connectivity index (χ0n) is 14.8. The SMILES string of the molecule is C[C@@H](O)CN1CCN(c2ccc(S(=O)(=O)N3CCCCC3)cn2)CC1. The molecular formula is C17H28N4O3S. The van der Waals surface area contributed by atoms with Crippen LogP contribution in [0.1, 0.15) is 26.2 Å². The Balaban J connectivity index is 1.63. The van der Waals surface area contributed by atoms with Crippen LogP contribution in [0.25, 0.3) is 0 Å². The number of β-amino-alcohol motifs (C(OH)–C–C–N with tert-alkyl or cyclic N) is 1. The third-order valence-electron chi connectivity index (χ3n) is 4.89. The Kier molecular flexibility index (Phi) is 5.93. The fourth-order valence-electron chi connectivity index (χ4n) is 3.50. The lowest BCUT2D eigenvalue weighted by Gasteiger charge is -2.36. The van der Waals surface area contributed by atoms with E-state index in [0.29, 0.717) is 19.6 Å². The van der Waals surface area contributed by atoms with Gasteiger partial charge in [-0.2, -0.15) is 4.31 Å². The quantitative estimate of drug-likeness (QED) is 0.827. The number of sulfonamides is 1. The maximum absolute atomic E-state index is 12.7. The van der Waals surface area contributed by atoms with Gasteiger partial charge in [0.15, 0.2) is 0 Å². The molecule has 25 heavy (non-hydrogen) atoms. The summed E-state index contributed by atoms with van der Waals surface area (Å²) in [6.45, 7) is 7.12. The Morgan fingerprint density at radius 1 is 1.08 bits per heavy atom. The summed E-state index contributed by atoms with van der Waals surface area (Å²) in [5, 5.41) is 9.47. The van der Waals surface area contributed by atoms with Crippen LogP contribution in [0.4, 0.5) is 5.82 Å². The molecule has 0 aliphatic carbocycles. The summed E-state index contributed by atoms with van der Waals surface area (Å²) < 4.78 is 26.9. The molecule has 3 rings (SSSR count). The van der Waals surface area contributed by atoms with Gasteiger partial charge in [-0.15, -0.1) is 0 Å². The van der Waals surface area contributed by atoms with E-state index in [4.69, 9.17) is 0 Å². The zero-order valence-corrected chi connectivity index (χ0v) is 15.7. The highest BCUT2D eigenvalue weighted by molar-refractivity contribution is 7.89. The highest BCUT2D eigenvalue weighted by atomic mass is 32.2. The van der Waals surface area contributed by atoms with Gasteiger partial charge in [0.1, 0.15) is 10.7 Å².